The molecule has 0 aromatic heterocycles. The summed E-state index contributed by atoms with van der Waals surface area (Å²) in [5, 5.41) is 0. The molecule has 0 saturated carbocycles. The molecular weight excluding hydrogens is 223 g/mol. The van der Waals surface area contributed by atoms with Gasteiger partial charge in [0.25, 0.3) is 6.08 Å². The van der Waals surface area contributed by atoms with Crippen LogP contribution in [0.2, 0.25) is 0 Å². The summed E-state index contributed by atoms with van der Waals surface area (Å²) < 4.78 is 63.6. The standard InChI is InChI=1S/C8H9F5O2/c1-4(2)15-7(14)5(6(9)10)3-8(11,12)13/h4H,3H2,1-2H3. The summed E-state index contributed by atoms with van der Waals surface area (Å²) in [4.78, 5) is 10.8. The lowest BCUT2D eigenvalue weighted by Gasteiger charge is -2.11. The van der Waals surface area contributed by atoms with Crippen LogP contribution in [0.25, 0.3) is 0 Å². The Kier molecular flexibility index (Phi) is 4.70. The Labute approximate surface area is 82.7 Å². The highest BCUT2D eigenvalue weighted by Crippen LogP contribution is 2.28. The van der Waals surface area contributed by atoms with E-state index in [4.69, 9.17) is 0 Å². The number of esters is 1. The summed E-state index contributed by atoms with van der Waals surface area (Å²) in [6.07, 6.45) is -10.3. The number of carbonyl (C=O) groups excluding carboxylic acids is 1. The molecule has 0 spiro atoms. The third-order valence-electron chi connectivity index (χ3n) is 1.19. The lowest BCUT2D eigenvalue weighted by atomic mass is 10.2. The molecule has 0 aromatic rings. The maximum atomic E-state index is 12.0. The van der Waals surface area contributed by atoms with Gasteiger partial charge in [0.15, 0.2) is 0 Å². The molecule has 7 heteroatoms. The number of carbonyl (C=O) groups is 1. The van der Waals surface area contributed by atoms with E-state index >= 15 is 0 Å². The van der Waals surface area contributed by atoms with Crippen molar-refractivity contribution in [2.24, 2.45) is 0 Å². The number of hydrogen-bond acceptors (Lipinski definition) is 2. The molecule has 0 N–H and O–H groups in total. The zero-order chi connectivity index (χ0) is 12.2. The summed E-state index contributed by atoms with van der Waals surface area (Å²) in [6.45, 7) is 2.69. The van der Waals surface area contributed by atoms with Crippen LogP contribution in [-0.2, 0) is 9.53 Å². The van der Waals surface area contributed by atoms with Crippen molar-refractivity contribution in [2.45, 2.75) is 32.5 Å². The van der Waals surface area contributed by atoms with Crippen LogP contribution in [0, 0.1) is 0 Å². The van der Waals surface area contributed by atoms with Crippen molar-refractivity contribution < 1.29 is 31.5 Å². The summed E-state index contributed by atoms with van der Waals surface area (Å²) in [5.41, 5.74) is -1.64. The van der Waals surface area contributed by atoms with Gasteiger partial charge in [-0.1, -0.05) is 0 Å². The predicted octanol–water partition coefficient (Wildman–Crippen LogP) is 3.04. The topological polar surface area (TPSA) is 26.3 Å². The SMILES string of the molecule is CC(C)OC(=O)C(CC(F)(F)F)=C(F)F. The van der Waals surface area contributed by atoms with E-state index < -0.39 is 36.3 Å². The highest BCUT2D eigenvalue weighted by atomic mass is 19.4. The van der Waals surface area contributed by atoms with Crippen LogP contribution in [0.1, 0.15) is 20.3 Å². The molecule has 0 radical (unpaired) electrons. The summed E-state index contributed by atoms with van der Waals surface area (Å²) >= 11 is 0. The molecule has 0 amide bonds. The molecule has 0 saturated heterocycles. The van der Waals surface area contributed by atoms with E-state index in [0.717, 1.165) is 0 Å². The fourth-order valence-corrected chi connectivity index (χ4v) is 0.702. The van der Waals surface area contributed by atoms with Crippen LogP contribution < -0.4 is 0 Å². The van der Waals surface area contributed by atoms with Crippen molar-refractivity contribution >= 4 is 5.97 Å². The third kappa shape index (κ3) is 6.03. The largest absolute Gasteiger partial charge is 0.459 e. The Balaban J connectivity index is 4.72. The second-order valence-corrected chi connectivity index (χ2v) is 2.98. The van der Waals surface area contributed by atoms with Gasteiger partial charge in [0.05, 0.1) is 12.5 Å². The van der Waals surface area contributed by atoms with Crippen LogP contribution in [0.15, 0.2) is 11.7 Å². The quantitative estimate of drug-likeness (QED) is 0.424. The summed E-state index contributed by atoms with van der Waals surface area (Å²) in [6, 6.07) is 0. The fourth-order valence-electron chi connectivity index (χ4n) is 0.702. The number of halogens is 5. The van der Waals surface area contributed by atoms with Crippen LogP contribution >= 0.6 is 0 Å². The van der Waals surface area contributed by atoms with Crippen molar-refractivity contribution in [1.82, 2.24) is 0 Å². The molecule has 88 valence electrons. The molecule has 0 aliphatic heterocycles. The zero-order valence-electron chi connectivity index (χ0n) is 7.99. The average Bonchev–Trinajstić information content (AvgIpc) is 1.96. The molecule has 0 aliphatic carbocycles. The highest BCUT2D eigenvalue weighted by Gasteiger charge is 2.35. The van der Waals surface area contributed by atoms with Crippen LogP contribution in [-0.4, -0.2) is 18.2 Å². The molecular formula is C8H9F5O2. The van der Waals surface area contributed by atoms with Crippen molar-refractivity contribution in [2.75, 3.05) is 0 Å². The van der Waals surface area contributed by atoms with Crippen molar-refractivity contribution in [3.05, 3.63) is 11.7 Å². The van der Waals surface area contributed by atoms with E-state index in [1.165, 1.54) is 13.8 Å². The first-order valence-corrected chi connectivity index (χ1v) is 3.95. The van der Waals surface area contributed by atoms with Crippen LogP contribution in [0.5, 0.6) is 0 Å². The smallest absolute Gasteiger partial charge is 0.393 e. The molecule has 0 atom stereocenters. The first-order chi connectivity index (χ1) is 6.63. The molecule has 15 heavy (non-hydrogen) atoms. The minimum Gasteiger partial charge on any atom is -0.459 e. The van der Waals surface area contributed by atoms with E-state index in [-0.39, 0.29) is 0 Å². The van der Waals surface area contributed by atoms with Gasteiger partial charge >= 0.3 is 12.1 Å². The fraction of sp³-hybridized carbons (Fsp3) is 0.625. The number of alkyl halides is 3. The summed E-state index contributed by atoms with van der Waals surface area (Å²) in [7, 11) is 0. The highest BCUT2D eigenvalue weighted by molar-refractivity contribution is 5.88. The second kappa shape index (κ2) is 5.09. The van der Waals surface area contributed by atoms with Gasteiger partial charge in [-0.2, -0.15) is 22.0 Å². The molecule has 0 rings (SSSR count). The molecule has 0 aromatic carbocycles. The van der Waals surface area contributed by atoms with Crippen molar-refractivity contribution in [3.63, 3.8) is 0 Å². The van der Waals surface area contributed by atoms with Crippen molar-refractivity contribution in [1.29, 1.82) is 0 Å². The maximum Gasteiger partial charge on any atom is 0.393 e. The average molecular weight is 232 g/mol. The van der Waals surface area contributed by atoms with Crippen molar-refractivity contribution in [3.8, 4) is 0 Å². The Morgan fingerprint density at radius 2 is 1.73 bits per heavy atom. The Hall–Kier alpha value is -1.14. The summed E-state index contributed by atoms with van der Waals surface area (Å²) in [5.74, 6) is -1.64. The molecule has 0 aliphatic rings. The number of ether oxygens (including phenoxy) is 1. The van der Waals surface area contributed by atoms with Gasteiger partial charge in [-0.3, -0.25) is 0 Å². The molecule has 0 bridgehead atoms. The molecule has 2 nitrogen and oxygen atoms in total. The normalized spacial score (nSPS) is 11.5. The van der Waals surface area contributed by atoms with Gasteiger partial charge in [-0.25, -0.2) is 4.79 Å². The minimum absolute atomic E-state index is 0.750. The number of rotatable bonds is 3. The third-order valence-corrected chi connectivity index (χ3v) is 1.19. The maximum absolute atomic E-state index is 12.0. The monoisotopic (exact) mass is 232 g/mol. The second-order valence-electron chi connectivity index (χ2n) is 2.98. The van der Waals surface area contributed by atoms with E-state index in [1.807, 2.05) is 0 Å². The first-order valence-electron chi connectivity index (χ1n) is 3.95. The van der Waals surface area contributed by atoms with E-state index in [2.05, 4.69) is 4.74 Å². The minimum atomic E-state index is -4.87. The molecule has 0 unspecified atom stereocenters. The van der Waals surface area contributed by atoms with Gasteiger partial charge in [-0.05, 0) is 13.8 Å². The van der Waals surface area contributed by atoms with Gasteiger partial charge < -0.3 is 4.74 Å². The predicted molar refractivity (Wildman–Crippen MR) is 41.1 cm³/mol. The van der Waals surface area contributed by atoms with E-state index in [1.54, 1.807) is 0 Å². The lowest BCUT2D eigenvalue weighted by molar-refractivity contribution is -0.151. The molecule has 0 heterocycles. The van der Waals surface area contributed by atoms with Gasteiger partial charge in [-0.15, -0.1) is 0 Å². The Bertz CT molecular complexity index is 263. The van der Waals surface area contributed by atoms with Gasteiger partial charge in [0.1, 0.15) is 5.57 Å². The Morgan fingerprint density at radius 1 is 1.27 bits per heavy atom. The molecule has 0 fully saturated rings. The lowest BCUT2D eigenvalue weighted by Crippen LogP contribution is -2.19. The van der Waals surface area contributed by atoms with Crippen LogP contribution in [0.3, 0.4) is 0 Å². The van der Waals surface area contributed by atoms with Crippen LogP contribution in [0.4, 0.5) is 22.0 Å². The first kappa shape index (κ1) is 13.9. The Morgan fingerprint density at radius 3 is 2.00 bits per heavy atom. The van der Waals surface area contributed by atoms with E-state index in [9.17, 15) is 26.7 Å². The van der Waals surface area contributed by atoms with Gasteiger partial charge in [0.2, 0.25) is 0 Å². The number of hydrogen-bond donors (Lipinski definition) is 0. The van der Waals surface area contributed by atoms with E-state index in [0.29, 0.717) is 0 Å². The van der Waals surface area contributed by atoms with Gasteiger partial charge in [0, 0.05) is 0 Å². The zero-order valence-corrected chi connectivity index (χ0v) is 7.99.